The van der Waals surface area contributed by atoms with Gasteiger partial charge in [-0.25, -0.2) is 9.07 Å². The third kappa shape index (κ3) is 3.41. The van der Waals surface area contributed by atoms with E-state index in [-0.39, 0.29) is 12.1 Å². The van der Waals surface area contributed by atoms with Gasteiger partial charge in [0.25, 0.3) is 0 Å². The molecule has 0 spiro atoms. The third-order valence-electron chi connectivity index (χ3n) is 3.16. The van der Waals surface area contributed by atoms with Crippen LogP contribution in [0.3, 0.4) is 0 Å². The minimum atomic E-state index is -6.44. The second-order valence-corrected chi connectivity index (χ2v) is 5.20. The van der Waals surface area contributed by atoms with Crippen LogP contribution in [0.15, 0.2) is 30.6 Å². The molecule has 0 atom stereocenters. The Morgan fingerprint density at radius 2 is 1.58 bits per heavy atom. The molecule has 0 bridgehead atoms. The molecule has 0 amide bonds. The van der Waals surface area contributed by atoms with Crippen molar-refractivity contribution in [2.24, 2.45) is 0 Å². The summed E-state index contributed by atoms with van der Waals surface area (Å²) >= 11 is 5.63. The number of aromatic nitrogens is 2. The van der Waals surface area contributed by atoms with E-state index >= 15 is 0 Å². The minimum absolute atomic E-state index is 0.0257. The average Bonchev–Trinajstić information content (AvgIpc) is 2.96. The van der Waals surface area contributed by atoms with Crippen LogP contribution in [0.1, 0.15) is 5.56 Å². The van der Waals surface area contributed by atoms with Crippen molar-refractivity contribution in [1.82, 2.24) is 9.78 Å². The summed E-state index contributed by atoms with van der Waals surface area (Å²) in [6, 6.07) is 1.15. The van der Waals surface area contributed by atoms with E-state index in [1.807, 2.05) is 0 Å². The van der Waals surface area contributed by atoms with Crippen molar-refractivity contribution >= 4 is 11.6 Å². The summed E-state index contributed by atoms with van der Waals surface area (Å²) in [5, 5.41) is 2.65. The lowest BCUT2D eigenvalue weighted by Gasteiger charge is -2.31. The fraction of sp³-hybridized carbons (Fsp3) is 0.308. The number of benzene rings is 1. The zero-order chi connectivity index (χ0) is 19.9. The SMILES string of the molecule is FC(F)Oc1cc(C(F)(C(F)(F)F)C(F)(F)F)cc(Cl)c1-n1cccn1. The number of hydrogen-bond acceptors (Lipinski definition) is 2. The Hall–Kier alpha value is -2.11. The van der Waals surface area contributed by atoms with Gasteiger partial charge in [0.2, 0.25) is 0 Å². The van der Waals surface area contributed by atoms with E-state index in [0.29, 0.717) is 0 Å². The molecule has 2 aromatic rings. The van der Waals surface area contributed by atoms with Gasteiger partial charge in [-0.2, -0.15) is 40.2 Å². The summed E-state index contributed by atoms with van der Waals surface area (Å²) in [6.45, 7) is -3.64. The lowest BCUT2D eigenvalue weighted by molar-refractivity contribution is -0.348. The van der Waals surface area contributed by atoms with E-state index < -0.39 is 46.7 Å². The maximum atomic E-state index is 14.1. The molecule has 3 nitrogen and oxygen atoms in total. The van der Waals surface area contributed by atoms with Crippen LogP contribution < -0.4 is 4.74 Å². The highest BCUT2D eigenvalue weighted by Crippen LogP contribution is 2.54. The molecule has 1 aromatic carbocycles. The maximum Gasteiger partial charge on any atom is 0.435 e. The van der Waals surface area contributed by atoms with Crippen LogP contribution in [0.5, 0.6) is 5.75 Å². The summed E-state index contributed by atoms with van der Waals surface area (Å²) in [5.41, 5.74) is -8.51. The molecule has 0 saturated carbocycles. The number of nitrogens with zero attached hydrogens (tertiary/aromatic N) is 2. The second kappa shape index (κ2) is 6.56. The van der Waals surface area contributed by atoms with Gasteiger partial charge in [0.1, 0.15) is 5.69 Å². The van der Waals surface area contributed by atoms with E-state index in [9.17, 15) is 39.5 Å². The molecule has 13 heteroatoms. The summed E-state index contributed by atoms with van der Waals surface area (Å²) in [7, 11) is 0. The van der Waals surface area contributed by atoms with E-state index in [1.165, 1.54) is 6.07 Å². The first-order valence-corrected chi connectivity index (χ1v) is 6.78. The summed E-state index contributed by atoms with van der Waals surface area (Å²) in [4.78, 5) is 0. The molecule has 0 N–H and O–H groups in total. The Labute approximate surface area is 143 Å². The van der Waals surface area contributed by atoms with E-state index in [4.69, 9.17) is 11.6 Å². The zero-order valence-corrected chi connectivity index (χ0v) is 12.8. The molecule has 144 valence electrons. The Kier molecular flexibility index (Phi) is 5.10. The van der Waals surface area contributed by atoms with Gasteiger partial charge in [0, 0.05) is 18.0 Å². The predicted octanol–water partition coefficient (Wildman–Crippen LogP) is 5.42. The molecule has 0 fully saturated rings. The highest BCUT2D eigenvalue weighted by Gasteiger charge is 2.73. The fourth-order valence-corrected chi connectivity index (χ4v) is 2.37. The summed E-state index contributed by atoms with van der Waals surface area (Å²) in [6.07, 6.45) is -10.6. The van der Waals surface area contributed by atoms with Crippen LogP contribution in [-0.2, 0) is 5.67 Å². The van der Waals surface area contributed by atoms with E-state index in [0.717, 1.165) is 17.1 Å². The first-order chi connectivity index (χ1) is 11.8. The smallest absolute Gasteiger partial charge is 0.432 e. The first kappa shape index (κ1) is 20.2. The largest absolute Gasteiger partial charge is 0.435 e. The van der Waals surface area contributed by atoms with Crippen molar-refractivity contribution in [1.29, 1.82) is 0 Å². The predicted molar refractivity (Wildman–Crippen MR) is 70.1 cm³/mol. The minimum Gasteiger partial charge on any atom is -0.432 e. The van der Waals surface area contributed by atoms with Crippen molar-refractivity contribution in [3.63, 3.8) is 0 Å². The zero-order valence-electron chi connectivity index (χ0n) is 12.0. The van der Waals surface area contributed by atoms with E-state index in [1.54, 1.807) is 0 Å². The molecular weight excluding hydrogens is 407 g/mol. The van der Waals surface area contributed by atoms with Crippen LogP contribution >= 0.6 is 11.6 Å². The van der Waals surface area contributed by atoms with Crippen LogP contribution in [0.2, 0.25) is 5.02 Å². The lowest BCUT2D eigenvalue weighted by atomic mass is 9.93. The number of alkyl halides is 9. The molecule has 0 unspecified atom stereocenters. The van der Waals surface area contributed by atoms with Crippen LogP contribution in [0.25, 0.3) is 5.69 Å². The molecule has 0 radical (unpaired) electrons. The Balaban J connectivity index is 2.77. The molecule has 0 aliphatic carbocycles. The number of ether oxygens (including phenoxy) is 1. The van der Waals surface area contributed by atoms with Gasteiger partial charge in [-0.1, -0.05) is 11.6 Å². The molecule has 1 heterocycles. The number of rotatable bonds is 4. The van der Waals surface area contributed by atoms with Crippen molar-refractivity contribution in [3.05, 3.63) is 41.2 Å². The van der Waals surface area contributed by atoms with E-state index in [2.05, 4.69) is 9.84 Å². The monoisotopic (exact) mass is 412 g/mol. The van der Waals surface area contributed by atoms with Crippen molar-refractivity contribution in [3.8, 4) is 11.4 Å². The van der Waals surface area contributed by atoms with Gasteiger partial charge >= 0.3 is 24.6 Å². The average molecular weight is 413 g/mol. The second-order valence-electron chi connectivity index (χ2n) is 4.79. The maximum absolute atomic E-state index is 14.1. The van der Waals surface area contributed by atoms with Gasteiger partial charge in [0.05, 0.1) is 5.02 Å². The Bertz CT molecular complexity index is 757. The Morgan fingerprint density at radius 1 is 1.00 bits per heavy atom. The van der Waals surface area contributed by atoms with Gasteiger partial charge in [-0.15, -0.1) is 0 Å². The topological polar surface area (TPSA) is 27.1 Å². The fourth-order valence-electron chi connectivity index (χ4n) is 2.07. The van der Waals surface area contributed by atoms with Crippen LogP contribution in [0.4, 0.5) is 39.5 Å². The highest BCUT2D eigenvalue weighted by atomic mass is 35.5. The molecule has 1 aromatic heterocycles. The standard InChI is InChI=1S/C13H6ClF9N2O/c14-7-4-6(11(17,12(18,19)20)13(21,22)23)5-8(26-10(15)16)9(7)25-3-1-2-24-25/h1-5,10H. The lowest BCUT2D eigenvalue weighted by Crippen LogP contribution is -2.50. The molecule has 0 aliphatic rings. The molecule has 2 rings (SSSR count). The summed E-state index contributed by atoms with van der Waals surface area (Å²) < 4.78 is 121. The van der Waals surface area contributed by atoms with Crippen molar-refractivity contribution < 1.29 is 44.3 Å². The molecular formula is C13H6ClF9N2O. The summed E-state index contributed by atoms with van der Waals surface area (Å²) in [5.74, 6) is -1.22. The number of halogens is 10. The molecule has 26 heavy (non-hydrogen) atoms. The van der Waals surface area contributed by atoms with Gasteiger partial charge < -0.3 is 4.74 Å². The van der Waals surface area contributed by atoms with Crippen molar-refractivity contribution in [2.75, 3.05) is 0 Å². The normalized spacial score (nSPS) is 13.3. The first-order valence-electron chi connectivity index (χ1n) is 6.40. The molecule has 0 saturated heterocycles. The van der Waals surface area contributed by atoms with Crippen LogP contribution in [-0.4, -0.2) is 28.7 Å². The Morgan fingerprint density at radius 3 is 2.00 bits per heavy atom. The van der Waals surface area contributed by atoms with Gasteiger partial charge in [-0.3, -0.25) is 0 Å². The third-order valence-corrected chi connectivity index (χ3v) is 3.45. The quantitative estimate of drug-likeness (QED) is 0.627. The van der Waals surface area contributed by atoms with Gasteiger partial charge in [0.15, 0.2) is 5.75 Å². The van der Waals surface area contributed by atoms with Crippen molar-refractivity contribution in [2.45, 2.75) is 24.6 Å². The molecule has 0 aliphatic heterocycles. The van der Waals surface area contributed by atoms with Gasteiger partial charge in [-0.05, 0) is 18.2 Å². The van der Waals surface area contributed by atoms with Crippen LogP contribution in [0, 0.1) is 0 Å². The highest BCUT2D eigenvalue weighted by molar-refractivity contribution is 6.32. The number of hydrogen-bond donors (Lipinski definition) is 0.